The molecule has 0 aromatic heterocycles. The minimum Gasteiger partial charge on any atom is -0.397 e. The van der Waals surface area contributed by atoms with Crippen LogP contribution < -0.4 is 11.1 Å². The fraction of sp³-hybridized carbons (Fsp3) is 0.133. The molecular weight excluding hydrogens is 323 g/mol. The van der Waals surface area contributed by atoms with Gasteiger partial charge in [-0.3, -0.25) is 4.79 Å². The van der Waals surface area contributed by atoms with E-state index in [-0.39, 0.29) is 5.56 Å². The molecule has 0 aliphatic rings. The molecule has 0 saturated heterocycles. The first-order valence-corrected chi connectivity index (χ1v) is 6.81. The van der Waals surface area contributed by atoms with E-state index in [0.717, 1.165) is 5.56 Å². The largest absolute Gasteiger partial charge is 0.397 e. The van der Waals surface area contributed by atoms with Gasteiger partial charge in [0.25, 0.3) is 5.91 Å². The number of halogens is 2. The second kappa shape index (κ2) is 5.63. The third-order valence-corrected chi connectivity index (χ3v) is 3.56. The number of benzene rings is 2. The standard InChI is InChI=1S/C15H14BrFN2O/c1-8-5-11(16)14(13(18)6-8)19-15(20)10-4-3-9(2)12(17)7-10/h3-7H,18H2,1-2H3,(H,19,20). The van der Waals surface area contributed by atoms with Crippen LogP contribution in [0.3, 0.4) is 0 Å². The Morgan fingerprint density at radius 3 is 2.55 bits per heavy atom. The van der Waals surface area contributed by atoms with Crippen molar-refractivity contribution in [3.63, 3.8) is 0 Å². The minimum atomic E-state index is -0.409. The quantitative estimate of drug-likeness (QED) is 0.813. The Morgan fingerprint density at radius 2 is 1.95 bits per heavy atom. The van der Waals surface area contributed by atoms with Gasteiger partial charge in [0.1, 0.15) is 5.82 Å². The van der Waals surface area contributed by atoms with E-state index < -0.39 is 11.7 Å². The molecule has 0 fully saturated rings. The molecular formula is C15H14BrFN2O. The average molecular weight is 337 g/mol. The Bertz CT molecular complexity index is 663. The van der Waals surface area contributed by atoms with Crippen LogP contribution in [0.2, 0.25) is 0 Å². The van der Waals surface area contributed by atoms with E-state index in [0.29, 0.717) is 21.4 Å². The van der Waals surface area contributed by atoms with Crippen LogP contribution in [0.1, 0.15) is 21.5 Å². The van der Waals surface area contributed by atoms with Gasteiger partial charge in [-0.1, -0.05) is 6.07 Å². The van der Waals surface area contributed by atoms with E-state index in [2.05, 4.69) is 21.2 Å². The maximum Gasteiger partial charge on any atom is 0.255 e. The zero-order chi connectivity index (χ0) is 14.9. The predicted molar refractivity (Wildman–Crippen MR) is 82.4 cm³/mol. The van der Waals surface area contributed by atoms with Crippen molar-refractivity contribution in [2.75, 3.05) is 11.1 Å². The first-order chi connectivity index (χ1) is 9.38. The Morgan fingerprint density at radius 1 is 1.25 bits per heavy atom. The van der Waals surface area contributed by atoms with E-state index in [1.807, 2.05) is 13.0 Å². The van der Waals surface area contributed by atoms with Gasteiger partial charge in [-0.2, -0.15) is 0 Å². The normalized spacial score (nSPS) is 10.4. The lowest BCUT2D eigenvalue weighted by Gasteiger charge is -2.11. The van der Waals surface area contributed by atoms with Crippen LogP contribution in [0.15, 0.2) is 34.8 Å². The molecule has 2 aromatic rings. The highest BCUT2D eigenvalue weighted by molar-refractivity contribution is 9.10. The second-order valence-electron chi connectivity index (χ2n) is 4.63. The van der Waals surface area contributed by atoms with Crippen molar-refractivity contribution < 1.29 is 9.18 Å². The number of anilines is 2. The number of carbonyl (C=O) groups excluding carboxylic acids is 1. The Balaban J connectivity index is 2.30. The topological polar surface area (TPSA) is 55.1 Å². The Labute approximate surface area is 125 Å². The lowest BCUT2D eigenvalue weighted by molar-refractivity contribution is 0.102. The van der Waals surface area contributed by atoms with E-state index in [1.54, 1.807) is 25.1 Å². The van der Waals surface area contributed by atoms with Crippen molar-refractivity contribution in [3.05, 3.63) is 57.3 Å². The van der Waals surface area contributed by atoms with Gasteiger partial charge in [0.2, 0.25) is 0 Å². The zero-order valence-electron chi connectivity index (χ0n) is 11.1. The molecule has 0 atom stereocenters. The highest BCUT2D eigenvalue weighted by Gasteiger charge is 2.12. The Hall–Kier alpha value is -1.88. The molecule has 1 amide bonds. The number of hydrogen-bond donors (Lipinski definition) is 2. The molecule has 2 rings (SSSR count). The van der Waals surface area contributed by atoms with Crippen LogP contribution in [0.4, 0.5) is 15.8 Å². The van der Waals surface area contributed by atoms with Crippen molar-refractivity contribution in [1.29, 1.82) is 0 Å². The van der Waals surface area contributed by atoms with Crippen LogP contribution in [-0.2, 0) is 0 Å². The van der Waals surface area contributed by atoms with Crippen molar-refractivity contribution >= 4 is 33.2 Å². The maximum atomic E-state index is 13.5. The second-order valence-corrected chi connectivity index (χ2v) is 5.48. The molecule has 0 radical (unpaired) electrons. The summed E-state index contributed by atoms with van der Waals surface area (Å²) < 4.78 is 14.2. The molecule has 2 aromatic carbocycles. The third-order valence-electron chi connectivity index (χ3n) is 2.94. The highest BCUT2D eigenvalue weighted by atomic mass is 79.9. The average Bonchev–Trinajstić information content (AvgIpc) is 2.36. The van der Waals surface area contributed by atoms with Crippen molar-refractivity contribution in [3.8, 4) is 0 Å². The van der Waals surface area contributed by atoms with Crippen molar-refractivity contribution in [1.82, 2.24) is 0 Å². The molecule has 104 valence electrons. The molecule has 0 heterocycles. The molecule has 20 heavy (non-hydrogen) atoms. The lowest BCUT2D eigenvalue weighted by Crippen LogP contribution is -2.14. The van der Waals surface area contributed by atoms with Gasteiger partial charge in [-0.05, 0) is 65.2 Å². The van der Waals surface area contributed by atoms with Gasteiger partial charge in [0.05, 0.1) is 11.4 Å². The SMILES string of the molecule is Cc1cc(N)c(NC(=O)c2ccc(C)c(F)c2)c(Br)c1. The molecule has 0 saturated carbocycles. The molecule has 3 nitrogen and oxygen atoms in total. The number of aryl methyl sites for hydroxylation is 2. The van der Waals surface area contributed by atoms with E-state index >= 15 is 0 Å². The number of nitrogen functional groups attached to an aromatic ring is 1. The van der Waals surface area contributed by atoms with Crippen LogP contribution >= 0.6 is 15.9 Å². The van der Waals surface area contributed by atoms with Gasteiger partial charge in [0, 0.05) is 10.0 Å². The molecule has 3 N–H and O–H groups in total. The van der Waals surface area contributed by atoms with Crippen LogP contribution in [0.25, 0.3) is 0 Å². The molecule has 0 unspecified atom stereocenters. The van der Waals surface area contributed by atoms with Gasteiger partial charge in [0.15, 0.2) is 0 Å². The smallest absolute Gasteiger partial charge is 0.255 e. The number of carbonyl (C=O) groups is 1. The summed E-state index contributed by atoms with van der Waals surface area (Å²) in [5.74, 6) is -0.811. The van der Waals surface area contributed by atoms with E-state index in [9.17, 15) is 9.18 Å². The molecule has 0 spiro atoms. The first-order valence-electron chi connectivity index (χ1n) is 6.01. The van der Waals surface area contributed by atoms with Crippen LogP contribution in [-0.4, -0.2) is 5.91 Å². The summed E-state index contributed by atoms with van der Waals surface area (Å²) in [7, 11) is 0. The summed E-state index contributed by atoms with van der Waals surface area (Å²) >= 11 is 3.36. The van der Waals surface area contributed by atoms with E-state index in [4.69, 9.17) is 5.73 Å². The molecule has 0 aliphatic heterocycles. The third kappa shape index (κ3) is 2.99. The van der Waals surface area contributed by atoms with Gasteiger partial charge >= 0.3 is 0 Å². The monoisotopic (exact) mass is 336 g/mol. The van der Waals surface area contributed by atoms with Gasteiger partial charge < -0.3 is 11.1 Å². The fourth-order valence-electron chi connectivity index (χ4n) is 1.82. The van der Waals surface area contributed by atoms with Crippen molar-refractivity contribution in [2.24, 2.45) is 0 Å². The zero-order valence-corrected chi connectivity index (χ0v) is 12.7. The minimum absolute atomic E-state index is 0.250. The number of nitrogens with two attached hydrogens (primary N) is 1. The fourth-order valence-corrected chi connectivity index (χ4v) is 2.51. The summed E-state index contributed by atoms with van der Waals surface area (Å²) in [6, 6.07) is 7.96. The highest BCUT2D eigenvalue weighted by Crippen LogP contribution is 2.30. The molecule has 5 heteroatoms. The number of rotatable bonds is 2. The van der Waals surface area contributed by atoms with E-state index in [1.165, 1.54) is 6.07 Å². The summed E-state index contributed by atoms with van der Waals surface area (Å²) in [5.41, 5.74) is 8.56. The predicted octanol–water partition coefficient (Wildman–Crippen LogP) is 4.04. The first kappa shape index (κ1) is 14.5. The van der Waals surface area contributed by atoms with Gasteiger partial charge in [-0.25, -0.2) is 4.39 Å². The summed E-state index contributed by atoms with van der Waals surface area (Å²) in [6.07, 6.45) is 0. The van der Waals surface area contributed by atoms with Crippen molar-refractivity contribution in [2.45, 2.75) is 13.8 Å². The molecule has 0 aliphatic carbocycles. The number of nitrogens with one attached hydrogen (secondary N) is 1. The number of amides is 1. The Kier molecular flexibility index (Phi) is 4.09. The number of hydrogen-bond acceptors (Lipinski definition) is 2. The van der Waals surface area contributed by atoms with Gasteiger partial charge in [-0.15, -0.1) is 0 Å². The lowest BCUT2D eigenvalue weighted by atomic mass is 10.1. The van der Waals surface area contributed by atoms with Crippen LogP contribution in [0, 0.1) is 19.7 Å². The summed E-state index contributed by atoms with van der Waals surface area (Å²) in [4.78, 5) is 12.1. The maximum absolute atomic E-state index is 13.5. The molecule has 0 bridgehead atoms. The summed E-state index contributed by atoms with van der Waals surface area (Å²) in [6.45, 7) is 3.55. The summed E-state index contributed by atoms with van der Waals surface area (Å²) in [5, 5.41) is 2.69. The van der Waals surface area contributed by atoms with Crippen LogP contribution in [0.5, 0.6) is 0 Å².